The van der Waals surface area contributed by atoms with E-state index < -0.39 is 68.5 Å². The molecule has 0 radical (unpaired) electrons. The number of hydrogen-bond donors (Lipinski definition) is 0. The number of nitrogens with zero attached hydrogens (tertiary/aromatic N) is 3. The van der Waals surface area contributed by atoms with E-state index in [2.05, 4.69) is 64.9 Å². The molecule has 3 nitrogen and oxygen atoms in total. The smallest absolute Gasteiger partial charge is 0.164 e. The van der Waals surface area contributed by atoms with E-state index >= 15 is 0 Å². The molecule has 0 aliphatic rings. The van der Waals surface area contributed by atoms with Crippen LogP contribution in [0.4, 0.5) is 0 Å². The van der Waals surface area contributed by atoms with Crippen LogP contribution in [0.2, 0.25) is 19.6 Å². The first kappa shape index (κ1) is 16.4. The summed E-state index contributed by atoms with van der Waals surface area (Å²) in [5.74, 6) is -0.588. The Morgan fingerprint density at radius 1 is 0.450 bits per heavy atom. The summed E-state index contributed by atoms with van der Waals surface area (Å²) in [6.45, 7) is 6.92. The summed E-state index contributed by atoms with van der Waals surface area (Å²) in [5, 5.41) is 1.37. The number of hydrogen-bond acceptors (Lipinski definition) is 3. The minimum absolute atomic E-state index is 0.0172. The molecule has 0 bridgehead atoms. The normalized spacial score (nSPS) is 14.9. The molecule has 4 heteroatoms. The predicted molar refractivity (Wildman–Crippen MR) is 170 cm³/mol. The lowest BCUT2D eigenvalue weighted by Gasteiger charge is -2.17. The van der Waals surface area contributed by atoms with Gasteiger partial charge in [-0.1, -0.05) is 146 Å². The van der Waals surface area contributed by atoms with E-state index in [1.54, 1.807) is 12.1 Å². The van der Waals surface area contributed by atoms with Crippen LogP contribution in [0.3, 0.4) is 0 Å². The molecule has 0 aliphatic carbocycles. The zero-order valence-electron chi connectivity index (χ0n) is 32.3. The highest BCUT2D eigenvalue weighted by Gasteiger charge is 2.16. The number of benzene rings is 5. The first-order chi connectivity index (χ1) is 23.6. The van der Waals surface area contributed by atoms with Crippen LogP contribution >= 0.6 is 0 Å². The van der Waals surface area contributed by atoms with Crippen molar-refractivity contribution in [2.45, 2.75) is 19.6 Å². The maximum Gasteiger partial charge on any atom is 0.164 e. The van der Waals surface area contributed by atoms with E-state index in [4.69, 9.17) is 13.7 Å². The third-order valence-corrected chi connectivity index (χ3v) is 8.55. The van der Waals surface area contributed by atoms with Crippen LogP contribution in [0.5, 0.6) is 0 Å². The highest BCUT2D eigenvalue weighted by Crippen LogP contribution is 2.30. The van der Waals surface area contributed by atoms with Crippen molar-refractivity contribution < 1.29 is 13.7 Å². The Kier molecular flexibility index (Phi) is 4.45. The molecule has 0 spiro atoms. The summed E-state index contributed by atoms with van der Waals surface area (Å²) in [4.78, 5) is 13.4. The first-order valence-corrected chi connectivity index (χ1v) is 16.3. The van der Waals surface area contributed by atoms with Crippen LogP contribution < -0.4 is 5.19 Å². The zero-order valence-corrected chi connectivity index (χ0v) is 23.3. The molecule has 6 aromatic rings. The minimum atomic E-state index is -1.45. The maximum atomic E-state index is 8.55. The molecular weight excluding hydrogens is 503 g/mol. The molecule has 194 valence electrons. The second-order valence-corrected chi connectivity index (χ2v) is 15.4. The second-order valence-electron chi connectivity index (χ2n) is 10.3. The number of aromatic nitrogens is 3. The van der Waals surface area contributed by atoms with E-state index in [1.807, 2.05) is 30.3 Å². The summed E-state index contributed by atoms with van der Waals surface area (Å²) in [7, 11) is -1.45. The largest absolute Gasteiger partial charge is 0.208 e. The monoisotopic (exact) mass is 543 g/mol. The molecule has 0 fully saturated rings. The van der Waals surface area contributed by atoms with Gasteiger partial charge in [0.25, 0.3) is 0 Å². The van der Waals surface area contributed by atoms with Gasteiger partial charge in [0.05, 0.1) is 21.8 Å². The second kappa shape index (κ2) is 10.8. The average molecular weight is 544 g/mol. The van der Waals surface area contributed by atoms with Crippen LogP contribution in [0.15, 0.2) is 133 Å². The van der Waals surface area contributed by atoms with Crippen molar-refractivity contribution in [3.8, 4) is 56.4 Å². The van der Waals surface area contributed by atoms with Gasteiger partial charge in [-0.15, -0.1) is 0 Å². The van der Waals surface area contributed by atoms with Gasteiger partial charge in [-0.05, 0) is 34.4 Å². The Bertz CT molecular complexity index is 2180. The highest BCUT2D eigenvalue weighted by molar-refractivity contribution is 6.88. The van der Waals surface area contributed by atoms with Crippen LogP contribution in [0.1, 0.15) is 13.7 Å². The van der Waals surface area contributed by atoms with Crippen LogP contribution in [0.25, 0.3) is 56.4 Å². The van der Waals surface area contributed by atoms with Crippen molar-refractivity contribution in [1.29, 1.82) is 0 Å². The molecule has 0 amide bonds. The molecule has 0 unspecified atom stereocenters. The minimum Gasteiger partial charge on any atom is -0.208 e. The van der Waals surface area contributed by atoms with Gasteiger partial charge in [-0.25, -0.2) is 15.0 Å². The third kappa shape index (κ3) is 5.53. The van der Waals surface area contributed by atoms with Crippen molar-refractivity contribution >= 4 is 13.3 Å². The lowest BCUT2D eigenvalue weighted by atomic mass is 9.98. The number of rotatable bonds is 6. The molecule has 40 heavy (non-hydrogen) atoms. The first-order valence-electron chi connectivity index (χ1n) is 17.8. The van der Waals surface area contributed by atoms with Gasteiger partial charge in [0, 0.05) is 16.7 Å². The molecule has 0 aliphatic heterocycles. The fourth-order valence-corrected chi connectivity index (χ4v) is 5.50. The Balaban J connectivity index is 1.54. The molecule has 0 saturated carbocycles. The molecule has 0 atom stereocenters. The van der Waals surface area contributed by atoms with Crippen molar-refractivity contribution in [3.63, 3.8) is 0 Å². The molecular formula is C36H31N3Si. The van der Waals surface area contributed by atoms with Gasteiger partial charge in [-0.2, -0.15) is 0 Å². The van der Waals surface area contributed by atoms with Gasteiger partial charge in [0.2, 0.25) is 0 Å². The Morgan fingerprint density at radius 3 is 1.32 bits per heavy atom. The van der Waals surface area contributed by atoms with E-state index in [0.717, 1.165) is 22.3 Å². The van der Waals surface area contributed by atoms with Gasteiger partial charge in [-0.3, -0.25) is 0 Å². The summed E-state index contributed by atoms with van der Waals surface area (Å²) >= 11 is 0. The topological polar surface area (TPSA) is 38.7 Å². The van der Waals surface area contributed by atoms with Crippen LogP contribution in [-0.2, 0) is 0 Å². The SMILES string of the molecule is [2H]c1c([2H])c([2H])c(-c2nc(-c3cccc(-c4cccc(-c5ccc([Si](C)(C)C)cc5)c4)c3)nc(-c3c([2H])c([2H])c([2H])c([2H])c3[2H])n2)c([2H])c1[2H]. The zero-order chi connectivity index (χ0) is 36.2. The average Bonchev–Trinajstić information content (AvgIpc) is 3.11. The quantitative estimate of drug-likeness (QED) is 0.197. The van der Waals surface area contributed by atoms with Gasteiger partial charge in [0.1, 0.15) is 0 Å². The Morgan fingerprint density at radius 2 is 0.850 bits per heavy atom. The van der Waals surface area contributed by atoms with Gasteiger partial charge in [0.15, 0.2) is 17.5 Å². The molecule has 1 heterocycles. The van der Waals surface area contributed by atoms with Gasteiger partial charge < -0.3 is 0 Å². The molecule has 5 aromatic carbocycles. The lowest BCUT2D eigenvalue weighted by Crippen LogP contribution is -2.37. The summed E-state index contributed by atoms with van der Waals surface area (Å²) in [5.41, 5.74) is 3.68. The molecule has 6 rings (SSSR count). The summed E-state index contributed by atoms with van der Waals surface area (Å²) in [6, 6.07) is 18.2. The van der Waals surface area contributed by atoms with E-state index in [0.29, 0.717) is 5.56 Å². The molecule has 0 N–H and O–H groups in total. The van der Waals surface area contributed by atoms with Crippen LogP contribution in [-0.4, -0.2) is 23.0 Å². The van der Waals surface area contributed by atoms with E-state index in [9.17, 15) is 0 Å². The Hall–Kier alpha value is -4.67. The third-order valence-electron chi connectivity index (χ3n) is 6.48. The summed E-state index contributed by atoms with van der Waals surface area (Å²) < 4.78 is 83.1. The van der Waals surface area contributed by atoms with E-state index in [-0.39, 0.29) is 28.6 Å². The van der Waals surface area contributed by atoms with Crippen molar-refractivity contribution in [2.24, 2.45) is 0 Å². The summed E-state index contributed by atoms with van der Waals surface area (Å²) in [6.07, 6.45) is 0. The fraction of sp³-hybridized carbons (Fsp3) is 0.0833. The molecule has 1 aromatic heterocycles. The highest BCUT2D eigenvalue weighted by atomic mass is 28.3. The van der Waals surface area contributed by atoms with E-state index in [1.165, 1.54) is 5.19 Å². The van der Waals surface area contributed by atoms with Crippen molar-refractivity contribution in [2.75, 3.05) is 0 Å². The van der Waals surface area contributed by atoms with Crippen molar-refractivity contribution in [3.05, 3.63) is 133 Å². The molecule has 0 saturated heterocycles. The fourth-order valence-electron chi connectivity index (χ4n) is 4.33. The van der Waals surface area contributed by atoms with Gasteiger partial charge >= 0.3 is 0 Å². The van der Waals surface area contributed by atoms with Crippen molar-refractivity contribution in [1.82, 2.24) is 15.0 Å². The predicted octanol–water partition coefficient (Wildman–Crippen LogP) is 8.75. The van der Waals surface area contributed by atoms with Crippen LogP contribution in [0, 0.1) is 0 Å². The maximum absolute atomic E-state index is 8.55. The lowest BCUT2D eigenvalue weighted by molar-refractivity contribution is 1.07. The Labute approximate surface area is 251 Å². The standard InChI is InChI=1S/C36H31N3Si/c1-40(2,3)33-22-20-26(21-23-33)29-16-10-17-30(24-29)31-18-11-19-32(25-31)36-38-34(27-12-6-4-7-13-27)37-35(39-36)28-14-8-5-9-15-28/h4-25H,1-3H3/i4D,5D,6D,7D,8D,9D,12D,13D,14D,15D.